The van der Waals surface area contributed by atoms with E-state index >= 15 is 0 Å². The zero-order chi connectivity index (χ0) is 21.5. The van der Waals surface area contributed by atoms with E-state index in [4.69, 9.17) is 14.5 Å². The number of nitrogens with zero attached hydrogens (tertiary/aromatic N) is 4. The first-order valence-corrected chi connectivity index (χ1v) is 11.1. The number of hydrogen-bond donors (Lipinski definition) is 0. The number of pyridine rings is 1. The molecule has 1 unspecified atom stereocenters. The van der Waals surface area contributed by atoms with Gasteiger partial charge >= 0.3 is 5.97 Å². The molecular formula is C23H23BrN4O3. The topological polar surface area (TPSA) is 71.2 Å². The summed E-state index contributed by atoms with van der Waals surface area (Å²) >= 11 is 3.58. The molecule has 0 amide bonds. The number of carbonyl (C=O) groups is 1. The molecule has 1 aliphatic rings. The first-order valence-electron chi connectivity index (χ1n) is 10.3. The van der Waals surface area contributed by atoms with E-state index in [1.165, 1.54) is 12.7 Å². The van der Waals surface area contributed by atoms with Crippen molar-refractivity contribution in [3.8, 4) is 0 Å². The van der Waals surface area contributed by atoms with Crippen LogP contribution in [0.15, 0.2) is 47.1 Å². The number of methoxy groups -OCH3 is 1. The Bertz CT molecular complexity index is 1260. The van der Waals surface area contributed by atoms with Crippen LogP contribution in [-0.2, 0) is 16.5 Å². The van der Waals surface area contributed by atoms with Crippen molar-refractivity contribution in [1.82, 2.24) is 19.3 Å². The molecule has 4 heterocycles. The van der Waals surface area contributed by atoms with Crippen LogP contribution in [0, 0.1) is 5.92 Å². The van der Waals surface area contributed by atoms with Gasteiger partial charge in [-0.05, 0) is 46.3 Å². The quantitative estimate of drug-likeness (QED) is 0.400. The molecule has 1 aliphatic heterocycles. The lowest BCUT2D eigenvalue weighted by atomic mass is 9.86. The number of benzene rings is 1. The van der Waals surface area contributed by atoms with E-state index in [0.717, 1.165) is 52.6 Å². The summed E-state index contributed by atoms with van der Waals surface area (Å²) in [6.45, 7) is 1.46. The van der Waals surface area contributed by atoms with Crippen molar-refractivity contribution in [2.45, 2.75) is 18.9 Å². The second kappa shape index (κ2) is 8.09. The third kappa shape index (κ3) is 3.34. The average molecular weight is 483 g/mol. The number of carbonyl (C=O) groups excluding carboxylic acids is 1. The lowest BCUT2D eigenvalue weighted by Crippen LogP contribution is -2.27. The molecule has 160 valence electrons. The standard InChI is InChI=1S/C23H23BrN4O3/c1-27-21-18-17(12-16(24)13-25-18)28(22(21)19(26-27)23(29)30-2)20(14-6-4-3-5-7-14)15-8-10-31-11-9-15/h3-7,12-13,15,20H,8-11H2,1-2H3. The normalized spacial score (nSPS) is 16.1. The van der Waals surface area contributed by atoms with Crippen LogP contribution in [0.25, 0.3) is 22.1 Å². The van der Waals surface area contributed by atoms with E-state index in [2.05, 4.69) is 55.9 Å². The zero-order valence-electron chi connectivity index (χ0n) is 17.4. The number of hydrogen-bond acceptors (Lipinski definition) is 5. The maximum Gasteiger partial charge on any atom is 0.360 e. The van der Waals surface area contributed by atoms with Crippen molar-refractivity contribution in [3.63, 3.8) is 0 Å². The second-order valence-electron chi connectivity index (χ2n) is 7.86. The molecule has 0 N–H and O–H groups in total. The highest BCUT2D eigenvalue weighted by molar-refractivity contribution is 9.10. The van der Waals surface area contributed by atoms with Crippen LogP contribution in [0.2, 0.25) is 0 Å². The molecule has 3 aromatic heterocycles. The molecule has 5 rings (SSSR count). The molecule has 4 aromatic rings. The number of aryl methyl sites for hydroxylation is 1. The summed E-state index contributed by atoms with van der Waals surface area (Å²) in [6.07, 6.45) is 3.66. The van der Waals surface area contributed by atoms with E-state index in [-0.39, 0.29) is 6.04 Å². The smallest absolute Gasteiger partial charge is 0.360 e. The summed E-state index contributed by atoms with van der Waals surface area (Å²) in [6, 6.07) is 12.5. The van der Waals surface area contributed by atoms with Gasteiger partial charge in [0.25, 0.3) is 0 Å². The number of rotatable bonds is 4. The maximum absolute atomic E-state index is 12.7. The molecular weight excluding hydrogens is 460 g/mol. The fraction of sp³-hybridized carbons (Fsp3) is 0.348. The van der Waals surface area contributed by atoms with Gasteiger partial charge in [0.05, 0.1) is 18.7 Å². The molecule has 1 aromatic carbocycles. The van der Waals surface area contributed by atoms with Crippen LogP contribution in [0.3, 0.4) is 0 Å². The zero-order valence-corrected chi connectivity index (χ0v) is 19.0. The minimum absolute atomic E-state index is 0.00815. The van der Waals surface area contributed by atoms with Crippen LogP contribution in [-0.4, -0.2) is 45.6 Å². The molecule has 0 spiro atoms. The van der Waals surface area contributed by atoms with Gasteiger partial charge in [0.2, 0.25) is 0 Å². The van der Waals surface area contributed by atoms with Gasteiger partial charge in [0, 0.05) is 30.9 Å². The number of ether oxygens (including phenoxy) is 2. The molecule has 0 saturated carbocycles. The monoisotopic (exact) mass is 482 g/mol. The summed E-state index contributed by atoms with van der Waals surface area (Å²) in [7, 11) is 3.23. The van der Waals surface area contributed by atoms with Gasteiger partial charge in [0.1, 0.15) is 16.6 Å². The van der Waals surface area contributed by atoms with Crippen LogP contribution < -0.4 is 0 Å². The Morgan fingerprint density at radius 3 is 2.68 bits per heavy atom. The highest BCUT2D eigenvalue weighted by Gasteiger charge is 2.33. The summed E-state index contributed by atoms with van der Waals surface area (Å²) in [4.78, 5) is 17.4. The van der Waals surface area contributed by atoms with E-state index in [1.54, 1.807) is 10.9 Å². The minimum atomic E-state index is -0.451. The van der Waals surface area contributed by atoms with Gasteiger partial charge in [0.15, 0.2) is 5.69 Å². The van der Waals surface area contributed by atoms with Crippen molar-refractivity contribution in [2.24, 2.45) is 13.0 Å². The van der Waals surface area contributed by atoms with Crippen molar-refractivity contribution in [3.05, 3.63) is 58.3 Å². The van der Waals surface area contributed by atoms with E-state index in [0.29, 0.717) is 11.6 Å². The lowest BCUT2D eigenvalue weighted by Gasteiger charge is -2.33. The Balaban J connectivity index is 1.89. The number of esters is 1. The van der Waals surface area contributed by atoms with Crippen LogP contribution in [0.4, 0.5) is 0 Å². The van der Waals surface area contributed by atoms with Crippen molar-refractivity contribution in [2.75, 3.05) is 20.3 Å². The second-order valence-corrected chi connectivity index (χ2v) is 8.77. The van der Waals surface area contributed by atoms with Crippen LogP contribution in [0.5, 0.6) is 0 Å². The molecule has 0 bridgehead atoms. The third-order valence-corrected chi connectivity index (χ3v) is 6.53. The molecule has 1 saturated heterocycles. The van der Waals surface area contributed by atoms with E-state index < -0.39 is 5.97 Å². The van der Waals surface area contributed by atoms with Gasteiger partial charge in [-0.1, -0.05) is 30.3 Å². The molecule has 0 radical (unpaired) electrons. The Labute approximate surface area is 188 Å². The van der Waals surface area contributed by atoms with Crippen molar-refractivity contribution >= 4 is 44.0 Å². The fourth-order valence-corrected chi connectivity index (χ4v) is 5.08. The van der Waals surface area contributed by atoms with E-state index in [1.807, 2.05) is 13.1 Å². The number of fused-ring (bicyclic) bond motifs is 3. The first-order chi connectivity index (χ1) is 15.1. The first kappa shape index (κ1) is 20.2. The summed E-state index contributed by atoms with van der Waals surface area (Å²) in [5.74, 6) is -0.104. The molecule has 31 heavy (non-hydrogen) atoms. The SMILES string of the molecule is COC(=O)c1nn(C)c2c3ncc(Br)cc3n(C(c3ccccc3)C3CCOCC3)c12. The lowest BCUT2D eigenvalue weighted by molar-refractivity contribution is 0.0548. The van der Waals surface area contributed by atoms with Crippen LogP contribution >= 0.6 is 15.9 Å². The Morgan fingerprint density at radius 2 is 1.97 bits per heavy atom. The largest absolute Gasteiger partial charge is 0.464 e. The molecule has 0 aliphatic carbocycles. The van der Waals surface area contributed by atoms with E-state index in [9.17, 15) is 4.79 Å². The van der Waals surface area contributed by atoms with Gasteiger partial charge in [-0.3, -0.25) is 9.67 Å². The average Bonchev–Trinajstić information content (AvgIpc) is 3.30. The molecule has 1 fully saturated rings. The Hall–Kier alpha value is -2.71. The number of halogens is 1. The summed E-state index contributed by atoms with van der Waals surface area (Å²) < 4.78 is 15.6. The summed E-state index contributed by atoms with van der Waals surface area (Å²) in [5.41, 5.74) is 4.86. The Morgan fingerprint density at radius 1 is 1.23 bits per heavy atom. The van der Waals surface area contributed by atoms with Crippen LogP contribution in [0.1, 0.15) is 34.9 Å². The Kier molecular flexibility index (Phi) is 5.27. The predicted molar refractivity (Wildman–Crippen MR) is 121 cm³/mol. The predicted octanol–water partition coefficient (Wildman–Crippen LogP) is 4.49. The van der Waals surface area contributed by atoms with Gasteiger partial charge in [-0.25, -0.2) is 4.79 Å². The number of aromatic nitrogens is 4. The highest BCUT2D eigenvalue weighted by atomic mass is 79.9. The van der Waals surface area contributed by atoms with Crippen molar-refractivity contribution in [1.29, 1.82) is 0 Å². The third-order valence-electron chi connectivity index (χ3n) is 6.09. The highest BCUT2D eigenvalue weighted by Crippen LogP contribution is 2.41. The van der Waals surface area contributed by atoms with Gasteiger partial charge in [-0.15, -0.1) is 0 Å². The van der Waals surface area contributed by atoms with Gasteiger partial charge < -0.3 is 14.0 Å². The summed E-state index contributed by atoms with van der Waals surface area (Å²) in [5, 5.41) is 4.52. The maximum atomic E-state index is 12.7. The minimum Gasteiger partial charge on any atom is -0.464 e. The fourth-order valence-electron chi connectivity index (χ4n) is 4.76. The van der Waals surface area contributed by atoms with Gasteiger partial charge in [-0.2, -0.15) is 5.10 Å². The molecule has 7 nitrogen and oxygen atoms in total. The molecule has 1 atom stereocenters. The molecule has 8 heteroatoms. The van der Waals surface area contributed by atoms with Crippen molar-refractivity contribution < 1.29 is 14.3 Å².